The number of para-hydroxylation sites is 1. The van der Waals surface area contributed by atoms with E-state index in [1.165, 1.54) is 155 Å². The SMILES string of the molecule is CC(=O)C=C(C)O.CC(=O)C=C(C)O.CC(=O)C=C(C)O.CC(C)CC(=O)C=C(O)CC(C)C.CC(C)Cc1cc(-c2[c-]cccc2)nc2ccc(F)cc12.Cc1[c-]c(-c2cc(-c3ccc(C)cc3)c3cc(C)ccc3n2)cc(C)c1.Cc1[c-]c(-c2cc(CC(C)C)c3ccccc3n2)cc(C)c1.Cc1c[c-]c(-c2cc(-c3ccc(C)cc3)c3cc(C)ccc3n2)cc1.[Ir].[Ir].[Ir].[Ir]. The zero-order valence-electron chi connectivity index (χ0n) is 80.2. The second-order valence-electron chi connectivity index (χ2n) is 34.6. The van der Waals surface area contributed by atoms with Crippen molar-refractivity contribution in [1.82, 2.24) is 19.9 Å². The molecule has 4 aromatic heterocycles. The number of allylic oxidation sites excluding steroid dienone is 8. The molecule has 10 aromatic carbocycles. The fraction of sp³-hybridized carbons (Fsp3) is 0.270. The number of fused-ring (bicyclic) bond motifs is 4. The van der Waals surface area contributed by atoms with E-state index in [-0.39, 0.29) is 132 Å². The molecule has 0 saturated carbocycles. The van der Waals surface area contributed by atoms with E-state index in [1.54, 1.807) is 12.1 Å². The van der Waals surface area contributed by atoms with Crippen LogP contribution in [0.4, 0.5) is 4.39 Å². The minimum Gasteiger partial charge on any atom is -0.512 e. The molecule has 12 nitrogen and oxygen atoms in total. The van der Waals surface area contributed by atoms with Gasteiger partial charge in [0.15, 0.2) is 23.1 Å². The van der Waals surface area contributed by atoms with Crippen molar-refractivity contribution >= 4 is 66.7 Å². The van der Waals surface area contributed by atoms with Crippen molar-refractivity contribution < 1.29 is 124 Å². The van der Waals surface area contributed by atoms with Crippen LogP contribution in [0.5, 0.6) is 0 Å². The number of ketones is 4. The summed E-state index contributed by atoms with van der Waals surface area (Å²) in [4.78, 5) is 60.6. The van der Waals surface area contributed by atoms with Crippen molar-refractivity contribution in [1.29, 1.82) is 0 Å². The number of hydrogen-bond acceptors (Lipinski definition) is 12. The molecule has 4 heterocycles. The maximum Gasteiger partial charge on any atom is 0.159 e. The molecular formula is C115H125FIr4N4O8-4. The largest absolute Gasteiger partial charge is 0.512 e. The molecule has 4 N–H and O–H groups in total. The smallest absolute Gasteiger partial charge is 0.159 e. The second kappa shape index (κ2) is 56.9. The van der Waals surface area contributed by atoms with E-state index in [0.29, 0.717) is 36.5 Å². The van der Waals surface area contributed by atoms with Gasteiger partial charge in [-0.25, -0.2) is 4.39 Å². The predicted molar refractivity (Wildman–Crippen MR) is 530 cm³/mol. The number of carbonyl (C=O) groups excluding carboxylic acids is 4. The van der Waals surface area contributed by atoms with Crippen molar-refractivity contribution in [2.45, 2.75) is 185 Å². The van der Waals surface area contributed by atoms with Crippen LogP contribution < -0.4 is 0 Å². The van der Waals surface area contributed by atoms with Crippen molar-refractivity contribution in [2.24, 2.45) is 23.7 Å². The molecule has 0 aliphatic rings. The maximum atomic E-state index is 13.5. The van der Waals surface area contributed by atoms with Crippen LogP contribution in [-0.2, 0) is 112 Å². The Morgan fingerprint density at radius 1 is 0.341 bits per heavy atom. The number of benzene rings is 10. The van der Waals surface area contributed by atoms with Crippen LogP contribution in [0.2, 0.25) is 0 Å². The normalized spacial score (nSPS) is 11.0. The van der Waals surface area contributed by atoms with Crippen molar-refractivity contribution in [2.75, 3.05) is 0 Å². The van der Waals surface area contributed by atoms with Crippen LogP contribution in [0.25, 0.3) is 111 Å². The van der Waals surface area contributed by atoms with Crippen LogP contribution >= 0.6 is 0 Å². The first-order chi connectivity index (χ1) is 60.5. The van der Waals surface area contributed by atoms with Gasteiger partial charge in [-0.3, -0.25) is 39.1 Å². The third-order valence-corrected chi connectivity index (χ3v) is 19.4. The first-order valence-corrected chi connectivity index (χ1v) is 43.5. The average Bonchev–Trinajstić information content (AvgIpc) is 0.781. The minimum absolute atomic E-state index is 0. The van der Waals surface area contributed by atoms with Crippen LogP contribution in [-0.4, -0.2) is 63.5 Å². The van der Waals surface area contributed by atoms with Crippen LogP contribution in [0.15, 0.2) is 266 Å². The number of halogens is 1. The van der Waals surface area contributed by atoms with Gasteiger partial charge in [0, 0.05) is 139 Å². The summed E-state index contributed by atoms with van der Waals surface area (Å²) in [5.74, 6) is 1.71. The summed E-state index contributed by atoms with van der Waals surface area (Å²) in [6.45, 7) is 44.4. The molecule has 0 spiro atoms. The molecule has 14 aromatic rings. The topological polar surface area (TPSA) is 201 Å². The first-order valence-electron chi connectivity index (χ1n) is 43.5. The van der Waals surface area contributed by atoms with Crippen LogP contribution in [0, 0.1) is 116 Å². The molecule has 17 heteroatoms. The molecular weight excluding hydrogens is 2350 g/mol. The Morgan fingerprint density at radius 3 is 1.10 bits per heavy atom. The van der Waals surface area contributed by atoms with Gasteiger partial charge < -0.3 is 20.4 Å². The van der Waals surface area contributed by atoms with Gasteiger partial charge in [0.1, 0.15) is 5.82 Å². The molecule has 14 rings (SSSR count). The number of carbonyl (C=O) groups is 4. The minimum atomic E-state index is -0.215. The quantitative estimate of drug-likeness (QED) is 0.0360. The third-order valence-electron chi connectivity index (χ3n) is 19.4. The molecule has 0 fully saturated rings. The van der Waals surface area contributed by atoms with Gasteiger partial charge in [0.2, 0.25) is 0 Å². The molecule has 0 atom stereocenters. The molecule has 700 valence electrons. The number of aliphatic hydroxyl groups is 4. The molecule has 0 unspecified atom stereocenters. The number of nitrogens with zero attached hydrogens (tertiary/aromatic N) is 4. The third kappa shape index (κ3) is 39.6. The summed E-state index contributed by atoms with van der Waals surface area (Å²) in [6, 6.07) is 88.4. The van der Waals surface area contributed by atoms with Gasteiger partial charge in [-0.05, 0) is 210 Å². The van der Waals surface area contributed by atoms with Gasteiger partial charge in [0.25, 0.3) is 0 Å². The fourth-order valence-corrected chi connectivity index (χ4v) is 14.2. The van der Waals surface area contributed by atoms with E-state index in [9.17, 15) is 28.7 Å². The molecule has 132 heavy (non-hydrogen) atoms. The van der Waals surface area contributed by atoms with E-state index in [2.05, 4.69) is 289 Å². The van der Waals surface area contributed by atoms with Gasteiger partial charge in [-0.15, -0.1) is 141 Å². The molecule has 0 amide bonds. The molecule has 0 bridgehead atoms. The number of aliphatic hydroxyl groups excluding tert-OH is 4. The molecule has 0 saturated heterocycles. The number of pyridine rings is 4. The van der Waals surface area contributed by atoms with Crippen molar-refractivity contribution in [3.8, 4) is 67.3 Å². The molecule has 0 aliphatic heterocycles. The average molecular weight is 2480 g/mol. The number of hydrogen-bond donors (Lipinski definition) is 4. The molecule has 4 radical (unpaired) electrons. The van der Waals surface area contributed by atoms with E-state index < -0.39 is 0 Å². The Bertz CT molecular complexity index is 6160. The zero-order chi connectivity index (χ0) is 94.2. The molecule has 0 aliphatic carbocycles. The summed E-state index contributed by atoms with van der Waals surface area (Å²) in [6.07, 6.45) is 7.94. The Morgan fingerprint density at radius 2 is 0.712 bits per heavy atom. The van der Waals surface area contributed by atoms with Gasteiger partial charge in [-0.1, -0.05) is 215 Å². The number of aromatic nitrogens is 4. The summed E-state index contributed by atoms with van der Waals surface area (Å²) in [7, 11) is 0. The Hall–Kier alpha value is -10.8. The zero-order valence-corrected chi connectivity index (χ0v) is 89.7. The van der Waals surface area contributed by atoms with E-state index in [1.807, 2.05) is 58.0 Å². The first kappa shape index (κ1) is 115. The van der Waals surface area contributed by atoms with Crippen molar-refractivity contribution in [3.63, 3.8) is 0 Å². The maximum absolute atomic E-state index is 13.5. The standard InChI is InChI=1S/C25H22N.C24H20N.C21H22N.C19H17FN.C11H20O2.3C5H8O2.4Ir/c1-16-5-8-20(9-6-16)22-15-25(21-12-18(3)11-19(4)13-21)26-24-10-7-17(2)14-23(22)24;1-16-4-9-19(10-5-16)21-15-24(20-11-6-17(2)7-12-20)25-23-13-8-18(3)14-22(21)23;1-14(2)9-17-13-21(18-11-15(3)10-16(4)12-18)22-20-8-6-5-7-19(17)20;1-13(2)10-15-11-19(14-6-4-3-5-7-14)21-18-9-8-16(20)12-17(15)18;1-8(2)5-10(12)7-11(13)6-9(3)4;3*1-4(6)3-5(2)7;;;;/h5-12,14-15H,1-4H3;4-11,13-15H,1-3H3;5-8,10-11,13-14H,9H2,1-4H3;3-6,8-9,11-13H,10H2,1-2H3;7-9,12H,5-6H2,1-4H3;3*3,6H,1-2H3;;;;/q4*-1;;;;;;;;. The fourth-order valence-electron chi connectivity index (χ4n) is 14.2. The van der Waals surface area contributed by atoms with E-state index >= 15 is 0 Å². The van der Waals surface area contributed by atoms with Crippen LogP contribution in [0.3, 0.4) is 0 Å². The Balaban J connectivity index is 0.000000404. The number of rotatable bonds is 18. The van der Waals surface area contributed by atoms with Gasteiger partial charge in [0.05, 0.1) is 45.1 Å². The Kier molecular flexibility index (Phi) is 49.8. The second-order valence-corrected chi connectivity index (χ2v) is 34.6. The van der Waals surface area contributed by atoms with E-state index in [4.69, 9.17) is 30.3 Å². The van der Waals surface area contributed by atoms with Crippen molar-refractivity contribution in [3.05, 3.63) is 357 Å². The summed E-state index contributed by atoms with van der Waals surface area (Å²) >= 11 is 0. The van der Waals surface area contributed by atoms with Gasteiger partial charge in [-0.2, -0.15) is 0 Å². The van der Waals surface area contributed by atoms with Crippen LogP contribution in [0.1, 0.15) is 171 Å². The Labute approximate surface area is 836 Å². The monoisotopic (exact) mass is 2480 g/mol. The van der Waals surface area contributed by atoms with Gasteiger partial charge >= 0.3 is 0 Å². The van der Waals surface area contributed by atoms with E-state index in [0.717, 1.165) is 102 Å². The number of aryl methyl sites for hydroxylation is 9. The summed E-state index contributed by atoms with van der Waals surface area (Å²) in [5, 5.41) is 39.0. The predicted octanol–water partition coefficient (Wildman–Crippen LogP) is 29.6. The summed E-state index contributed by atoms with van der Waals surface area (Å²) in [5.41, 5.74) is 30.4. The summed E-state index contributed by atoms with van der Waals surface area (Å²) < 4.78 is 13.5.